The van der Waals surface area contributed by atoms with Gasteiger partial charge in [-0.05, 0) is 60.2 Å². The maximum atomic E-state index is 13.8. The lowest BCUT2D eigenvalue weighted by molar-refractivity contribution is -0.140. The van der Waals surface area contributed by atoms with Gasteiger partial charge in [-0.15, -0.1) is 0 Å². The molecule has 3 aliphatic rings. The van der Waals surface area contributed by atoms with Crippen molar-refractivity contribution in [2.24, 2.45) is 5.92 Å². The van der Waals surface area contributed by atoms with E-state index in [1.165, 1.54) is 4.90 Å². The van der Waals surface area contributed by atoms with Crippen LogP contribution in [0.2, 0.25) is 0 Å². The van der Waals surface area contributed by atoms with Crippen LogP contribution in [-0.4, -0.2) is 59.0 Å². The van der Waals surface area contributed by atoms with Crippen LogP contribution in [0, 0.1) is 5.92 Å². The van der Waals surface area contributed by atoms with Gasteiger partial charge in [0, 0.05) is 29.6 Å². The molecule has 4 amide bonds. The van der Waals surface area contributed by atoms with Gasteiger partial charge >= 0.3 is 6.03 Å². The molecule has 4 rings (SSSR count). The second-order valence-corrected chi connectivity index (χ2v) is 8.64. The Hall–Kier alpha value is -1.96. The number of urea groups is 1. The molecule has 0 radical (unpaired) electrons. The molecular formula is C20H23BrFN3O3. The number of likely N-dealkylation sites (tertiary alicyclic amines) is 1. The quantitative estimate of drug-likeness (QED) is 0.750. The Morgan fingerprint density at radius 3 is 2.54 bits per heavy atom. The van der Waals surface area contributed by atoms with Gasteiger partial charge in [-0.3, -0.25) is 14.5 Å². The van der Waals surface area contributed by atoms with Gasteiger partial charge in [-0.1, -0.05) is 12.1 Å². The predicted octanol–water partition coefficient (Wildman–Crippen LogP) is 3.11. The second kappa shape index (κ2) is 7.81. The Morgan fingerprint density at radius 1 is 1.11 bits per heavy atom. The first-order valence-electron chi connectivity index (χ1n) is 9.77. The number of piperidine rings is 1. The molecule has 8 heteroatoms. The summed E-state index contributed by atoms with van der Waals surface area (Å²) in [4.78, 5) is 41.2. The average Bonchev–Trinajstić information content (AvgIpc) is 2.69. The van der Waals surface area contributed by atoms with E-state index >= 15 is 0 Å². The van der Waals surface area contributed by atoms with Gasteiger partial charge in [-0.2, -0.15) is 0 Å². The van der Waals surface area contributed by atoms with Crippen LogP contribution in [0.3, 0.4) is 0 Å². The summed E-state index contributed by atoms with van der Waals surface area (Å²) >= 11 is 3.41. The number of carbonyl (C=O) groups excluding carboxylic acids is 3. The molecule has 6 nitrogen and oxygen atoms in total. The van der Waals surface area contributed by atoms with Crippen LogP contribution in [-0.2, 0) is 4.79 Å². The molecule has 1 N–H and O–H groups in total. The van der Waals surface area contributed by atoms with Crippen molar-refractivity contribution in [2.45, 2.75) is 50.4 Å². The SMILES string of the molecule is O=C(c1ccccc1Br)N1CCC(N2C(=O)NC3CCC(F)CC3C2=O)CC1. The maximum absolute atomic E-state index is 13.8. The van der Waals surface area contributed by atoms with Crippen molar-refractivity contribution in [1.82, 2.24) is 15.1 Å². The maximum Gasteiger partial charge on any atom is 0.324 e. The van der Waals surface area contributed by atoms with Crippen LogP contribution >= 0.6 is 15.9 Å². The normalized spacial score (nSPS) is 28.7. The number of hydrogen-bond donors (Lipinski definition) is 1. The highest BCUT2D eigenvalue weighted by atomic mass is 79.9. The van der Waals surface area contributed by atoms with E-state index in [0.717, 1.165) is 4.47 Å². The smallest absolute Gasteiger partial charge is 0.324 e. The summed E-state index contributed by atoms with van der Waals surface area (Å²) in [5.41, 5.74) is 0.603. The minimum absolute atomic E-state index is 0.0621. The van der Waals surface area contributed by atoms with Crippen molar-refractivity contribution in [3.63, 3.8) is 0 Å². The largest absolute Gasteiger partial charge is 0.338 e. The molecular weight excluding hydrogens is 429 g/mol. The molecule has 1 aliphatic carbocycles. The summed E-state index contributed by atoms with van der Waals surface area (Å²) < 4.78 is 14.5. The van der Waals surface area contributed by atoms with Crippen molar-refractivity contribution in [3.8, 4) is 0 Å². The number of hydrogen-bond acceptors (Lipinski definition) is 3. The number of fused-ring (bicyclic) bond motifs is 1. The fourth-order valence-electron chi connectivity index (χ4n) is 4.55. The molecule has 0 bridgehead atoms. The highest BCUT2D eigenvalue weighted by molar-refractivity contribution is 9.10. The third kappa shape index (κ3) is 3.54. The molecule has 1 saturated carbocycles. The van der Waals surface area contributed by atoms with Gasteiger partial charge in [0.2, 0.25) is 5.91 Å². The van der Waals surface area contributed by atoms with Crippen LogP contribution < -0.4 is 5.32 Å². The number of benzene rings is 1. The first kappa shape index (κ1) is 19.4. The van der Waals surface area contributed by atoms with Gasteiger partial charge in [0.15, 0.2) is 0 Å². The van der Waals surface area contributed by atoms with Crippen molar-refractivity contribution in [3.05, 3.63) is 34.3 Å². The number of nitrogens with zero attached hydrogens (tertiary/aromatic N) is 2. The zero-order chi connectivity index (χ0) is 19.8. The molecule has 2 saturated heterocycles. The molecule has 150 valence electrons. The minimum atomic E-state index is -0.981. The standard InChI is InChI=1S/C20H23BrFN3O3/c21-16-4-2-1-3-14(16)18(26)24-9-7-13(8-10-24)25-19(27)15-11-12(22)5-6-17(15)23-20(25)28/h1-4,12-13,15,17H,5-11H2,(H,23,28). The van der Waals surface area contributed by atoms with E-state index in [-0.39, 0.29) is 36.3 Å². The zero-order valence-electron chi connectivity index (χ0n) is 15.4. The fraction of sp³-hybridized carbons (Fsp3) is 0.550. The van der Waals surface area contributed by atoms with Crippen LogP contribution in [0.1, 0.15) is 42.5 Å². The van der Waals surface area contributed by atoms with Crippen molar-refractivity contribution >= 4 is 33.8 Å². The van der Waals surface area contributed by atoms with Crippen molar-refractivity contribution in [2.75, 3.05) is 13.1 Å². The monoisotopic (exact) mass is 451 g/mol. The van der Waals surface area contributed by atoms with Crippen LogP contribution in [0.5, 0.6) is 0 Å². The van der Waals surface area contributed by atoms with Crippen LogP contribution in [0.4, 0.5) is 9.18 Å². The van der Waals surface area contributed by atoms with E-state index in [2.05, 4.69) is 21.2 Å². The number of amides is 4. The van der Waals surface area contributed by atoms with E-state index in [1.807, 2.05) is 18.2 Å². The van der Waals surface area contributed by atoms with Gasteiger partial charge in [0.1, 0.15) is 6.17 Å². The Morgan fingerprint density at radius 2 is 1.82 bits per heavy atom. The summed E-state index contributed by atoms with van der Waals surface area (Å²) in [6.45, 7) is 0.948. The molecule has 0 spiro atoms. The van der Waals surface area contributed by atoms with E-state index < -0.39 is 12.1 Å². The topological polar surface area (TPSA) is 69.7 Å². The zero-order valence-corrected chi connectivity index (χ0v) is 17.0. The third-order valence-corrected chi connectivity index (χ3v) is 6.78. The predicted molar refractivity (Wildman–Crippen MR) is 104 cm³/mol. The lowest BCUT2D eigenvalue weighted by Crippen LogP contribution is -2.65. The summed E-state index contributed by atoms with van der Waals surface area (Å²) in [6.07, 6.45) is 1.17. The van der Waals surface area contributed by atoms with E-state index in [9.17, 15) is 18.8 Å². The first-order valence-corrected chi connectivity index (χ1v) is 10.6. The van der Waals surface area contributed by atoms with Crippen LogP contribution in [0.25, 0.3) is 0 Å². The van der Waals surface area contributed by atoms with Gasteiger partial charge < -0.3 is 10.2 Å². The Kier molecular flexibility index (Phi) is 5.40. The minimum Gasteiger partial charge on any atom is -0.338 e. The second-order valence-electron chi connectivity index (χ2n) is 7.78. The third-order valence-electron chi connectivity index (χ3n) is 6.09. The molecule has 1 aromatic carbocycles. The number of halogens is 2. The molecule has 28 heavy (non-hydrogen) atoms. The molecule has 3 atom stereocenters. The number of rotatable bonds is 2. The Balaban J connectivity index is 1.42. The lowest BCUT2D eigenvalue weighted by atomic mass is 9.80. The summed E-state index contributed by atoms with van der Waals surface area (Å²) in [5.74, 6) is -0.791. The highest BCUT2D eigenvalue weighted by Gasteiger charge is 2.47. The summed E-state index contributed by atoms with van der Waals surface area (Å²) in [5, 5.41) is 2.90. The van der Waals surface area contributed by atoms with Gasteiger partial charge in [-0.25, -0.2) is 9.18 Å². The van der Waals surface area contributed by atoms with Crippen molar-refractivity contribution < 1.29 is 18.8 Å². The Labute approximate surface area is 171 Å². The molecule has 3 unspecified atom stereocenters. The summed E-state index contributed by atoms with van der Waals surface area (Å²) in [6, 6.07) is 6.40. The van der Waals surface area contributed by atoms with Gasteiger partial charge in [0.05, 0.1) is 11.5 Å². The fourth-order valence-corrected chi connectivity index (χ4v) is 5.00. The molecule has 3 fully saturated rings. The van der Waals surface area contributed by atoms with Crippen LogP contribution in [0.15, 0.2) is 28.7 Å². The average molecular weight is 452 g/mol. The molecule has 0 aromatic heterocycles. The molecule has 1 aromatic rings. The number of nitrogens with one attached hydrogen (secondary N) is 1. The number of carbonyl (C=O) groups is 3. The van der Waals surface area contributed by atoms with E-state index in [1.54, 1.807) is 11.0 Å². The van der Waals surface area contributed by atoms with E-state index in [0.29, 0.717) is 44.3 Å². The highest BCUT2D eigenvalue weighted by Crippen LogP contribution is 2.33. The lowest BCUT2D eigenvalue weighted by Gasteiger charge is -2.45. The summed E-state index contributed by atoms with van der Waals surface area (Å²) in [7, 11) is 0. The molecule has 2 heterocycles. The first-order chi connectivity index (χ1) is 13.5. The number of imide groups is 1. The number of alkyl halides is 1. The van der Waals surface area contributed by atoms with Gasteiger partial charge in [0.25, 0.3) is 5.91 Å². The van der Waals surface area contributed by atoms with Crippen molar-refractivity contribution in [1.29, 1.82) is 0 Å². The Bertz CT molecular complexity index is 797. The van der Waals surface area contributed by atoms with E-state index in [4.69, 9.17) is 0 Å². The molecule has 2 aliphatic heterocycles.